The third-order valence-electron chi connectivity index (χ3n) is 6.21. The molecule has 0 aromatic heterocycles. The number of carboxylic acid groups (broad SMARTS) is 1. The molecule has 5 heteroatoms. The van der Waals surface area contributed by atoms with Crippen LogP contribution in [0.2, 0.25) is 13.3 Å². The maximum atomic E-state index is 10.1. The van der Waals surface area contributed by atoms with Crippen LogP contribution in [-0.4, -0.2) is 38.8 Å². The van der Waals surface area contributed by atoms with Gasteiger partial charge >= 0.3 is 175 Å². The van der Waals surface area contributed by atoms with Crippen LogP contribution in [-0.2, 0) is 14.3 Å². The molecule has 0 unspecified atom stereocenters. The van der Waals surface area contributed by atoms with E-state index in [4.69, 9.17) is 0 Å². The monoisotopic (exact) mass is 588 g/mol. The van der Waals surface area contributed by atoms with Gasteiger partial charge in [0.25, 0.3) is 0 Å². The normalized spacial score (nSPS) is 10.7. The molecule has 200 valence electrons. The van der Waals surface area contributed by atoms with E-state index in [1.165, 1.54) is 96.3 Å². The Labute approximate surface area is 219 Å². The molecule has 0 N–H and O–H groups in total. The number of hydrogen-bond donors (Lipinski definition) is 0. The van der Waals surface area contributed by atoms with Crippen LogP contribution in [0.1, 0.15) is 136 Å². The summed E-state index contributed by atoms with van der Waals surface area (Å²) >= 11 is -1.02. The van der Waals surface area contributed by atoms with Crippen LogP contribution in [0.5, 0.6) is 0 Å². The van der Waals surface area contributed by atoms with E-state index in [1.54, 1.807) is 32.6 Å². The van der Waals surface area contributed by atoms with Gasteiger partial charge < -0.3 is 14.6 Å². The number of methoxy groups -OCH3 is 1. The van der Waals surface area contributed by atoms with Crippen LogP contribution in [0, 0.1) is 0 Å². The number of carbonyl (C=O) groups is 2. The van der Waals surface area contributed by atoms with Gasteiger partial charge in [0.2, 0.25) is 0 Å². The second kappa shape index (κ2) is 30.5. The number of rotatable bonds is 23. The first-order chi connectivity index (χ1) is 16.5. The number of aliphatic carboxylic acids is 1. The van der Waals surface area contributed by atoms with Gasteiger partial charge in [-0.2, -0.15) is 0 Å². The quantitative estimate of drug-likeness (QED) is 0.0526. The van der Waals surface area contributed by atoms with Crippen LogP contribution in [0.25, 0.3) is 0 Å². The van der Waals surface area contributed by atoms with E-state index in [9.17, 15) is 14.7 Å². The Hall–Kier alpha value is -0.521. The third-order valence-corrected chi connectivity index (χ3v) is 15.3. The Morgan fingerprint density at radius 1 is 0.588 bits per heavy atom. The zero-order valence-corrected chi connectivity index (χ0v) is 26.0. The van der Waals surface area contributed by atoms with Gasteiger partial charge in [0.1, 0.15) is 0 Å². The van der Waals surface area contributed by atoms with E-state index in [-0.39, 0.29) is 0 Å². The number of carboxylic acids is 1. The van der Waals surface area contributed by atoms with E-state index < -0.39 is 31.7 Å². The molecule has 0 aromatic carbocycles. The fourth-order valence-corrected chi connectivity index (χ4v) is 12.6. The maximum Gasteiger partial charge on any atom is 0.330 e. The van der Waals surface area contributed by atoms with Crippen LogP contribution < -0.4 is 5.11 Å². The summed E-state index contributed by atoms with van der Waals surface area (Å²) in [5.74, 6) is -2.13. The summed E-state index contributed by atoms with van der Waals surface area (Å²) in [5.41, 5.74) is 0. The first kappa shape index (κ1) is 35.6. The molecule has 34 heavy (non-hydrogen) atoms. The number of ether oxygens (including phenoxy) is 1. The van der Waals surface area contributed by atoms with Crippen molar-refractivity contribution in [3.8, 4) is 0 Å². The summed E-state index contributed by atoms with van der Waals surface area (Å²) < 4.78 is 9.25. The molecule has 0 saturated carbocycles. The fraction of sp³-hybridized carbons (Fsp3) is 0.862. The molecule has 0 spiro atoms. The Bertz CT molecular complexity index is 427. The molecule has 0 amide bonds. The Kier molecular flexibility index (Phi) is 32.0. The molecule has 0 aliphatic rings. The molecule has 4 nitrogen and oxygen atoms in total. The van der Waals surface area contributed by atoms with Gasteiger partial charge in [-0.3, -0.25) is 0 Å². The van der Waals surface area contributed by atoms with Crippen molar-refractivity contribution in [3.63, 3.8) is 0 Å². The van der Waals surface area contributed by atoms with Crippen LogP contribution in [0.15, 0.2) is 12.2 Å². The molecule has 0 radical (unpaired) electrons. The van der Waals surface area contributed by atoms with Crippen LogP contribution in [0.3, 0.4) is 0 Å². The van der Waals surface area contributed by atoms with E-state index >= 15 is 0 Å². The maximum absolute atomic E-state index is 10.1. The molecule has 0 heterocycles. The summed E-state index contributed by atoms with van der Waals surface area (Å²) in [6.07, 6.45) is 28.3. The minimum atomic E-state index is -1.42. The SMILES string of the molecule is CCCCCCC[CH2][Sn+]([CH2]CCCCCCC)[CH2]CCCCCCC.COC(=O)/C=C\C(=O)[O-]. The van der Waals surface area contributed by atoms with Crippen molar-refractivity contribution in [2.75, 3.05) is 7.11 Å². The first-order valence-corrected chi connectivity index (χ1v) is 20.4. The zero-order chi connectivity index (χ0) is 25.7. The average molecular weight is 587 g/mol. The average Bonchev–Trinajstić information content (AvgIpc) is 2.83. The predicted octanol–water partition coefficient (Wildman–Crippen LogP) is 8.03. The smallest absolute Gasteiger partial charge is 0.330 e. The number of hydrogen-bond acceptors (Lipinski definition) is 4. The van der Waals surface area contributed by atoms with Crippen LogP contribution >= 0.6 is 0 Å². The van der Waals surface area contributed by atoms with Gasteiger partial charge in [0.15, 0.2) is 0 Å². The topological polar surface area (TPSA) is 66.4 Å². The fourth-order valence-electron chi connectivity index (χ4n) is 4.05. The molecule has 0 aliphatic carbocycles. The molecular formula is C29H56O4Sn. The number of carbonyl (C=O) groups excluding carboxylic acids is 2. The molecule has 0 aromatic rings. The van der Waals surface area contributed by atoms with Crippen LogP contribution in [0.4, 0.5) is 0 Å². The molecule has 0 saturated heterocycles. The zero-order valence-electron chi connectivity index (χ0n) is 23.1. The molecule has 0 fully saturated rings. The second-order valence-electron chi connectivity index (χ2n) is 9.48. The third kappa shape index (κ3) is 31.5. The van der Waals surface area contributed by atoms with Gasteiger partial charge in [0.05, 0.1) is 13.1 Å². The Morgan fingerprint density at radius 3 is 1.21 bits per heavy atom. The van der Waals surface area contributed by atoms with Crippen molar-refractivity contribution in [1.29, 1.82) is 0 Å². The van der Waals surface area contributed by atoms with Gasteiger partial charge in [-0.05, 0) is 6.08 Å². The first-order valence-electron chi connectivity index (χ1n) is 14.3. The summed E-state index contributed by atoms with van der Waals surface area (Å²) in [5, 5.41) is 9.61. The van der Waals surface area contributed by atoms with E-state index in [1.807, 2.05) is 0 Å². The number of esters is 1. The molecule has 0 rings (SSSR count). The second-order valence-corrected chi connectivity index (χ2v) is 18.0. The van der Waals surface area contributed by atoms with Crippen molar-refractivity contribution >= 4 is 31.7 Å². The molecule has 0 aliphatic heterocycles. The standard InChI is InChI=1S/3C8H17.C5H6O4.Sn/c3*1-3-5-7-8-6-4-2;1-9-5(8)3-2-4(6)7;/h3*1,3-8H2,2H3;2-3H,1H3,(H,6,7);/q;;;;+1/p-1/b;;;3-2-;. The molecule has 0 bridgehead atoms. The van der Waals surface area contributed by atoms with Gasteiger partial charge in [-0.15, -0.1) is 0 Å². The van der Waals surface area contributed by atoms with Crippen molar-refractivity contribution < 1.29 is 19.4 Å². The predicted molar refractivity (Wildman–Crippen MR) is 146 cm³/mol. The van der Waals surface area contributed by atoms with Crippen molar-refractivity contribution in [3.05, 3.63) is 12.2 Å². The largest absolute Gasteiger partial charge is 0.545 e. The van der Waals surface area contributed by atoms with Crippen molar-refractivity contribution in [2.45, 2.75) is 150 Å². The van der Waals surface area contributed by atoms with Gasteiger partial charge in [-0.25, -0.2) is 4.79 Å². The summed E-state index contributed by atoms with van der Waals surface area (Å²) in [4.78, 5) is 19.7. The van der Waals surface area contributed by atoms with E-state index in [2.05, 4.69) is 25.5 Å². The summed E-state index contributed by atoms with van der Waals surface area (Å²) in [6, 6.07) is 0. The summed E-state index contributed by atoms with van der Waals surface area (Å²) in [7, 11) is 1.15. The van der Waals surface area contributed by atoms with E-state index in [0.717, 1.165) is 13.2 Å². The van der Waals surface area contributed by atoms with Gasteiger partial charge in [-0.1, -0.05) is 0 Å². The molecular weight excluding hydrogens is 531 g/mol. The minimum absolute atomic E-state index is 0.603. The molecule has 0 atom stereocenters. The van der Waals surface area contributed by atoms with Crippen molar-refractivity contribution in [1.82, 2.24) is 0 Å². The van der Waals surface area contributed by atoms with Crippen molar-refractivity contribution in [2.24, 2.45) is 0 Å². The minimum Gasteiger partial charge on any atom is -0.545 e. The summed E-state index contributed by atoms with van der Waals surface area (Å²) in [6.45, 7) is 6.98. The Balaban J connectivity index is 0. The Morgan fingerprint density at radius 2 is 0.912 bits per heavy atom. The number of unbranched alkanes of at least 4 members (excludes halogenated alkanes) is 15. The van der Waals surface area contributed by atoms with E-state index in [0.29, 0.717) is 6.08 Å². The van der Waals surface area contributed by atoms with Gasteiger partial charge in [0, 0.05) is 6.08 Å².